The largest absolute Gasteiger partial charge is 0.367 e. The molecule has 0 aromatic heterocycles. The molecule has 0 radical (unpaired) electrons. The standard InChI is InChI=1S/C11H23BrO/c1-3-5-6-7-8-9-10-13-11(12)4-2/h11H,3-10H2,1-2H3. The first-order chi connectivity index (χ1) is 6.31. The van der Waals surface area contributed by atoms with Crippen molar-refractivity contribution in [2.24, 2.45) is 0 Å². The Balaban J connectivity index is 2.91. The molecule has 0 saturated heterocycles. The predicted molar refractivity (Wildman–Crippen MR) is 62.3 cm³/mol. The summed E-state index contributed by atoms with van der Waals surface area (Å²) < 4.78 is 5.51. The fraction of sp³-hybridized carbons (Fsp3) is 1.00. The van der Waals surface area contributed by atoms with Gasteiger partial charge in [0.15, 0.2) is 0 Å². The Morgan fingerprint density at radius 1 is 1.00 bits per heavy atom. The minimum Gasteiger partial charge on any atom is -0.367 e. The number of ether oxygens (including phenoxy) is 1. The molecule has 0 amide bonds. The maximum absolute atomic E-state index is 5.51. The van der Waals surface area contributed by atoms with Crippen LogP contribution in [-0.4, -0.2) is 11.6 Å². The van der Waals surface area contributed by atoms with E-state index in [1.807, 2.05) is 0 Å². The number of hydrogen-bond donors (Lipinski definition) is 0. The smallest absolute Gasteiger partial charge is 0.112 e. The van der Waals surface area contributed by atoms with Crippen molar-refractivity contribution in [2.75, 3.05) is 6.61 Å². The summed E-state index contributed by atoms with van der Waals surface area (Å²) >= 11 is 3.45. The summed E-state index contributed by atoms with van der Waals surface area (Å²) in [7, 11) is 0. The lowest BCUT2D eigenvalue weighted by Crippen LogP contribution is -2.03. The summed E-state index contributed by atoms with van der Waals surface area (Å²) in [5, 5.41) is 0.267. The molecule has 0 aliphatic heterocycles. The Bertz CT molecular complexity index is 96.1. The highest BCUT2D eigenvalue weighted by molar-refractivity contribution is 9.09. The number of hydrogen-bond acceptors (Lipinski definition) is 1. The van der Waals surface area contributed by atoms with E-state index in [0.717, 1.165) is 13.0 Å². The first kappa shape index (κ1) is 13.4. The van der Waals surface area contributed by atoms with Crippen LogP contribution in [0.5, 0.6) is 0 Å². The molecule has 0 aliphatic carbocycles. The van der Waals surface area contributed by atoms with Crippen LogP contribution < -0.4 is 0 Å². The van der Waals surface area contributed by atoms with Crippen LogP contribution in [0.4, 0.5) is 0 Å². The van der Waals surface area contributed by atoms with Crippen molar-refractivity contribution in [1.29, 1.82) is 0 Å². The van der Waals surface area contributed by atoms with Crippen LogP contribution in [0.1, 0.15) is 58.8 Å². The average molecular weight is 251 g/mol. The van der Waals surface area contributed by atoms with Gasteiger partial charge in [-0.3, -0.25) is 0 Å². The normalized spacial score (nSPS) is 13.2. The van der Waals surface area contributed by atoms with E-state index in [2.05, 4.69) is 29.8 Å². The van der Waals surface area contributed by atoms with Gasteiger partial charge in [0, 0.05) is 6.61 Å². The Labute approximate surface area is 91.4 Å². The zero-order valence-electron chi connectivity index (χ0n) is 9.02. The lowest BCUT2D eigenvalue weighted by molar-refractivity contribution is 0.111. The minimum absolute atomic E-state index is 0.267. The van der Waals surface area contributed by atoms with E-state index in [-0.39, 0.29) is 5.01 Å². The fourth-order valence-electron chi connectivity index (χ4n) is 1.21. The summed E-state index contributed by atoms with van der Waals surface area (Å²) in [6.07, 6.45) is 9.07. The highest BCUT2D eigenvalue weighted by atomic mass is 79.9. The quantitative estimate of drug-likeness (QED) is 0.433. The Kier molecular flexibility index (Phi) is 10.9. The number of rotatable bonds is 9. The zero-order valence-corrected chi connectivity index (χ0v) is 10.6. The Morgan fingerprint density at radius 3 is 2.23 bits per heavy atom. The van der Waals surface area contributed by atoms with E-state index >= 15 is 0 Å². The van der Waals surface area contributed by atoms with E-state index < -0.39 is 0 Å². The summed E-state index contributed by atoms with van der Waals surface area (Å²) in [4.78, 5) is 0. The van der Waals surface area contributed by atoms with Gasteiger partial charge in [-0.05, 0) is 12.8 Å². The molecular weight excluding hydrogens is 228 g/mol. The molecule has 0 aromatic carbocycles. The number of unbranched alkanes of at least 4 members (excludes halogenated alkanes) is 5. The predicted octanol–water partition coefficient (Wildman–Crippen LogP) is 4.49. The fourth-order valence-corrected chi connectivity index (χ4v) is 1.40. The molecular formula is C11H23BrO. The van der Waals surface area contributed by atoms with Crippen LogP contribution in [0.3, 0.4) is 0 Å². The van der Waals surface area contributed by atoms with Crippen LogP contribution in [0.2, 0.25) is 0 Å². The SMILES string of the molecule is CCCCCCCCOC(Br)CC. The molecule has 0 N–H and O–H groups in total. The molecule has 0 heterocycles. The van der Waals surface area contributed by atoms with Gasteiger partial charge in [0.2, 0.25) is 0 Å². The van der Waals surface area contributed by atoms with Gasteiger partial charge in [0.1, 0.15) is 5.01 Å². The molecule has 1 nitrogen and oxygen atoms in total. The minimum atomic E-state index is 0.267. The molecule has 1 unspecified atom stereocenters. The van der Waals surface area contributed by atoms with Crippen LogP contribution in [0.25, 0.3) is 0 Å². The molecule has 0 spiro atoms. The van der Waals surface area contributed by atoms with E-state index in [1.165, 1.54) is 38.5 Å². The van der Waals surface area contributed by atoms with Gasteiger partial charge >= 0.3 is 0 Å². The van der Waals surface area contributed by atoms with Gasteiger partial charge in [-0.15, -0.1) is 0 Å². The van der Waals surface area contributed by atoms with E-state index in [4.69, 9.17) is 4.74 Å². The maximum atomic E-state index is 5.51. The van der Waals surface area contributed by atoms with Crippen molar-refractivity contribution in [2.45, 2.75) is 63.8 Å². The van der Waals surface area contributed by atoms with Crippen molar-refractivity contribution < 1.29 is 4.74 Å². The lowest BCUT2D eigenvalue weighted by atomic mass is 10.1. The molecule has 0 saturated carbocycles. The van der Waals surface area contributed by atoms with E-state index in [0.29, 0.717) is 0 Å². The molecule has 1 atom stereocenters. The molecule has 0 aliphatic rings. The van der Waals surface area contributed by atoms with Crippen molar-refractivity contribution in [1.82, 2.24) is 0 Å². The van der Waals surface area contributed by atoms with Crippen molar-refractivity contribution in [3.05, 3.63) is 0 Å². The lowest BCUT2D eigenvalue weighted by Gasteiger charge is -2.08. The van der Waals surface area contributed by atoms with Gasteiger partial charge < -0.3 is 4.74 Å². The van der Waals surface area contributed by atoms with E-state index in [9.17, 15) is 0 Å². The second-order valence-electron chi connectivity index (χ2n) is 3.46. The van der Waals surface area contributed by atoms with Crippen LogP contribution in [0, 0.1) is 0 Å². The topological polar surface area (TPSA) is 9.23 Å². The third-order valence-corrected chi connectivity index (χ3v) is 3.03. The highest BCUT2D eigenvalue weighted by Gasteiger charge is 1.98. The van der Waals surface area contributed by atoms with Crippen LogP contribution >= 0.6 is 15.9 Å². The summed E-state index contributed by atoms with van der Waals surface area (Å²) in [5.74, 6) is 0. The van der Waals surface area contributed by atoms with E-state index in [1.54, 1.807) is 0 Å². The number of halogens is 1. The maximum Gasteiger partial charge on any atom is 0.112 e. The van der Waals surface area contributed by atoms with Crippen molar-refractivity contribution in [3.8, 4) is 0 Å². The van der Waals surface area contributed by atoms with Gasteiger partial charge in [0.25, 0.3) is 0 Å². The third-order valence-electron chi connectivity index (χ3n) is 2.12. The molecule has 80 valence electrons. The molecule has 0 aromatic rings. The first-order valence-corrected chi connectivity index (χ1v) is 6.48. The first-order valence-electron chi connectivity index (χ1n) is 5.57. The average Bonchev–Trinajstić information content (AvgIpc) is 2.16. The molecule has 2 heteroatoms. The second kappa shape index (κ2) is 10.5. The molecule has 0 rings (SSSR count). The van der Waals surface area contributed by atoms with Gasteiger partial charge in [-0.2, -0.15) is 0 Å². The molecule has 13 heavy (non-hydrogen) atoms. The van der Waals surface area contributed by atoms with Gasteiger partial charge in [-0.1, -0.05) is 61.9 Å². The summed E-state index contributed by atoms with van der Waals surface area (Å²) in [6.45, 7) is 5.29. The molecule has 0 fully saturated rings. The van der Waals surface area contributed by atoms with Gasteiger partial charge in [0.05, 0.1) is 0 Å². The number of alkyl halides is 1. The summed E-state index contributed by atoms with van der Waals surface area (Å²) in [5.41, 5.74) is 0. The summed E-state index contributed by atoms with van der Waals surface area (Å²) in [6, 6.07) is 0. The second-order valence-corrected chi connectivity index (χ2v) is 4.48. The highest BCUT2D eigenvalue weighted by Crippen LogP contribution is 2.09. The van der Waals surface area contributed by atoms with Crippen LogP contribution in [0.15, 0.2) is 0 Å². The van der Waals surface area contributed by atoms with Crippen molar-refractivity contribution in [3.63, 3.8) is 0 Å². The Morgan fingerprint density at radius 2 is 1.62 bits per heavy atom. The van der Waals surface area contributed by atoms with Crippen LogP contribution in [-0.2, 0) is 4.74 Å². The monoisotopic (exact) mass is 250 g/mol. The third kappa shape index (κ3) is 10.4. The zero-order chi connectivity index (χ0) is 9.94. The van der Waals surface area contributed by atoms with Crippen molar-refractivity contribution >= 4 is 15.9 Å². The van der Waals surface area contributed by atoms with Gasteiger partial charge in [-0.25, -0.2) is 0 Å². The molecule has 0 bridgehead atoms. The Hall–Kier alpha value is 0.440.